The molecule has 2 fully saturated rings. The maximum absolute atomic E-state index is 5.93. The Morgan fingerprint density at radius 1 is 1.21 bits per heavy atom. The molecule has 2 aliphatic rings. The van der Waals surface area contributed by atoms with Gasteiger partial charge < -0.3 is 20.1 Å². The molecule has 2 saturated heterocycles. The van der Waals surface area contributed by atoms with Crippen molar-refractivity contribution in [2.75, 3.05) is 46.5 Å². The first kappa shape index (κ1) is 24.4. The largest absolute Gasteiger partial charge is 0.381 e. The summed E-state index contributed by atoms with van der Waals surface area (Å²) in [7, 11) is 1.85. The lowest BCUT2D eigenvalue weighted by Gasteiger charge is -2.34. The number of rotatable bonds is 8. The number of hydrogen-bond acceptors (Lipinski definition) is 4. The second kappa shape index (κ2) is 14.2. The maximum atomic E-state index is 5.93. The zero-order valence-corrected chi connectivity index (χ0v) is 20.0. The average molecular weight is 516 g/mol. The lowest BCUT2D eigenvalue weighted by Crippen LogP contribution is -2.51. The highest BCUT2D eigenvalue weighted by atomic mass is 127. The zero-order valence-electron chi connectivity index (χ0n) is 17.6. The number of halogens is 1. The van der Waals surface area contributed by atoms with Crippen LogP contribution in [0, 0.1) is 0 Å². The first-order valence-electron chi connectivity index (χ1n) is 10.8. The van der Waals surface area contributed by atoms with Crippen LogP contribution < -0.4 is 10.6 Å². The van der Waals surface area contributed by atoms with E-state index in [1.54, 1.807) is 0 Å². The second-order valence-corrected chi connectivity index (χ2v) is 7.74. The van der Waals surface area contributed by atoms with Gasteiger partial charge in [-0.1, -0.05) is 30.3 Å². The highest BCUT2D eigenvalue weighted by Gasteiger charge is 2.20. The number of piperidine rings is 1. The number of nitrogens with zero attached hydrogens (tertiary/aromatic N) is 2. The molecule has 2 heterocycles. The molecule has 2 aliphatic heterocycles. The molecule has 1 unspecified atom stereocenters. The SMILES string of the molecule is CN=C(NCCCOC1CCOCC1)NC1CCCN(Cc2ccccc2)C1.I. The van der Waals surface area contributed by atoms with E-state index in [0.717, 1.165) is 64.7 Å². The van der Waals surface area contributed by atoms with Crippen LogP contribution in [-0.4, -0.2) is 69.5 Å². The summed E-state index contributed by atoms with van der Waals surface area (Å²) in [5.41, 5.74) is 1.38. The summed E-state index contributed by atoms with van der Waals surface area (Å²) in [4.78, 5) is 6.93. The molecule has 7 heteroatoms. The first-order valence-corrected chi connectivity index (χ1v) is 10.8. The van der Waals surface area contributed by atoms with Crippen LogP contribution in [0.2, 0.25) is 0 Å². The fourth-order valence-electron chi connectivity index (χ4n) is 3.92. The number of likely N-dealkylation sites (tertiary alicyclic amines) is 1. The molecule has 0 bridgehead atoms. The minimum absolute atomic E-state index is 0. The molecule has 0 spiro atoms. The van der Waals surface area contributed by atoms with E-state index in [0.29, 0.717) is 12.1 Å². The quantitative estimate of drug-likeness (QED) is 0.241. The minimum atomic E-state index is 0. The van der Waals surface area contributed by atoms with E-state index in [1.807, 2.05) is 7.05 Å². The van der Waals surface area contributed by atoms with Crippen molar-refractivity contribution >= 4 is 29.9 Å². The van der Waals surface area contributed by atoms with Crippen LogP contribution in [0.25, 0.3) is 0 Å². The number of ether oxygens (including phenoxy) is 2. The predicted molar refractivity (Wildman–Crippen MR) is 129 cm³/mol. The molecule has 1 aromatic rings. The van der Waals surface area contributed by atoms with Crippen LogP contribution in [0.5, 0.6) is 0 Å². The summed E-state index contributed by atoms with van der Waals surface area (Å²) < 4.78 is 11.3. The molecule has 3 rings (SSSR count). The molecule has 2 N–H and O–H groups in total. The van der Waals surface area contributed by atoms with Gasteiger partial charge in [0.2, 0.25) is 0 Å². The van der Waals surface area contributed by atoms with Crippen molar-refractivity contribution in [3.8, 4) is 0 Å². The Bertz CT molecular complexity index is 581. The first-order chi connectivity index (χ1) is 13.8. The monoisotopic (exact) mass is 516 g/mol. The van der Waals surface area contributed by atoms with Gasteiger partial charge in [0.05, 0.1) is 6.10 Å². The lowest BCUT2D eigenvalue weighted by molar-refractivity contribution is -0.0320. The van der Waals surface area contributed by atoms with E-state index in [9.17, 15) is 0 Å². The normalized spacial score (nSPS) is 21.4. The van der Waals surface area contributed by atoms with E-state index in [2.05, 4.69) is 50.9 Å². The number of hydrogen-bond donors (Lipinski definition) is 2. The van der Waals surface area contributed by atoms with Gasteiger partial charge in [-0.2, -0.15) is 0 Å². The van der Waals surface area contributed by atoms with Crippen molar-refractivity contribution in [2.24, 2.45) is 4.99 Å². The highest BCUT2D eigenvalue weighted by Crippen LogP contribution is 2.14. The summed E-state index contributed by atoms with van der Waals surface area (Å²) in [6.07, 6.45) is 5.83. The number of benzene rings is 1. The summed E-state index contributed by atoms with van der Waals surface area (Å²) in [6.45, 7) is 6.59. The molecule has 0 saturated carbocycles. The van der Waals surface area contributed by atoms with Gasteiger partial charge >= 0.3 is 0 Å². The van der Waals surface area contributed by atoms with Crippen LogP contribution in [0.1, 0.15) is 37.7 Å². The van der Waals surface area contributed by atoms with Gasteiger partial charge in [-0.15, -0.1) is 24.0 Å². The predicted octanol–water partition coefficient (Wildman–Crippen LogP) is 3.02. The molecule has 164 valence electrons. The Balaban J connectivity index is 0.00000300. The lowest BCUT2D eigenvalue weighted by atomic mass is 10.0. The van der Waals surface area contributed by atoms with Crippen LogP contribution in [0.3, 0.4) is 0 Å². The third kappa shape index (κ3) is 9.19. The Morgan fingerprint density at radius 3 is 2.76 bits per heavy atom. The van der Waals surface area contributed by atoms with Gasteiger partial charge in [-0.3, -0.25) is 9.89 Å². The highest BCUT2D eigenvalue weighted by molar-refractivity contribution is 14.0. The van der Waals surface area contributed by atoms with Crippen molar-refractivity contribution in [1.29, 1.82) is 0 Å². The third-order valence-corrected chi connectivity index (χ3v) is 5.45. The molecule has 1 atom stereocenters. The summed E-state index contributed by atoms with van der Waals surface area (Å²) in [5, 5.41) is 7.04. The van der Waals surface area contributed by atoms with Gasteiger partial charge in [0.15, 0.2) is 5.96 Å². The molecule has 1 aromatic carbocycles. The summed E-state index contributed by atoms with van der Waals surface area (Å²) >= 11 is 0. The molecule has 29 heavy (non-hydrogen) atoms. The van der Waals surface area contributed by atoms with Gasteiger partial charge in [0, 0.05) is 52.5 Å². The Kier molecular flexibility index (Phi) is 11.9. The molecule has 0 aliphatic carbocycles. The summed E-state index contributed by atoms with van der Waals surface area (Å²) in [5.74, 6) is 0.901. The van der Waals surface area contributed by atoms with Crippen molar-refractivity contribution in [2.45, 2.75) is 50.8 Å². The van der Waals surface area contributed by atoms with Gasteiger partial charge in [0.25, 0.3) is 0 Å². The topological polar surface area (TPSA) is 58.1 Å². The van der Waals surface area contributed by atoms with Crippen LogP contribution in [0.15, 0.2) is 35.3 Å². The Hall–Kier alpha value is -0.900. The zero-order chi connectivity index (χ0) is 19.4. The average Bonchev–Trinajstić information content (AvgIpc) is 2.74. The van der Waals surface area contributed by atoms with E-state index < -0.39 is 0 Å². The second-order valence-electron chi connectivity index (χ2n) is 7.74. The van der Waals surface area contributed by atoms with Crippen LogP contribution >= 0.6 is 24.0 Å². The Morgan fingerprint density at radius 2 is 2.00 bits per heavy atom. The van der Waals surface area contributed by atoms with Crippen LogP contribution in [-0.2, 0) is 16.0 Å². The molecular weight excluding hydrogens is 479 g/mol. The molecule has 0 aromatic heterocycles. The van der Waals surface area contributed by atoms with Gasteiger partial charge in [-0.05, 0) is 44.2 Å². The third-order valence-electron chi connectivity index (χ3n) is 5.45. The molecular formula is C22H37IN4O2. The van der Waals surface area contributed by atoms with Crippen molar-refractivity contribution in [3.05, 3.63) is 35.9 Å². The Labute approximate surface area is 192 Å². The number of nitrogens with one attached hydrogen (secondary N) is 2. The van der Waals surface area contributed by atoms with Gasteiger partial charge in [-0.25, -0.2) is 0 Å². The fourth-order valence-corrected chi connectivity index (χ4v) is 3.92. The standard InChI is InChI=1S/C22H36N4O2.HI/c1-23-22(24-12-6-14-28-21-10-15-27-16-11-21)25-20-9-5-13-26(18-20)17-19-7-3-2-4-8-19;/h2-4,7-8,20-21H,5-6,9-18H2,1H3,(H2,23,24,25);1H. The van der Waals surface area contributed by atoms with E-state index in [-0.39, 0.29) is 24.0 Å². The van der Waals surface area contributed by atoms with E-state index in [4.69, 9.17) is 9.47 Å². The smallest absolute Gasteiger partial charge is 0.191 e. The maximum Gasteiger partial charge on any atom is 0.191 e. The minimum Gasteiger partial charge on any atom is -0.381 e. The van der Waals surface area contributed by atoms with E-state index >= 15 is 0 Å². The van der Waals surface area contributed by atoms with E-state index in [1.165, 1.54) is 24.9 Å². The molecule has 0 radical (unpaired) electrons. The van der Waals surface area contributed by atoms with Gasteiger partial charge in [0.1, 0.15) is 0 Å². The van der Waals surface area contributed by atoms with Crippen LogP contribution in [0.4, 0.5) is 0 Å². The number of aliphatic imine (C=N–C) groups is 1. The van der Waals surface area contributed by atoms with Crippen molar-refractivity contribution in [3.63, 3.8) is 0 Å². The number of guanidine groups is 1. The van der Waals surface area contributed by atoms with Crippen molar-refractivity contribution in [1.82, 2.24) is 15.5 Å². The fraction of sp³-hybridized carbons (Fsp3) is 0.682. The van der Waals surface area contributed by atoms with Crippen molar-refractivity contribution < 1.29 is 9.47 Å². The summed E-state index contributed by atoms with van der Waals surface area (Å²) in [6, 6.07) is 11.2. The molecule has 6 nitrogen and oxygen atoms in total. The molecule has 0 amide bonds.